The summed E-state index contributed by atoms with van der Waals surface area (Å²) in [7, 11) is 1.85. The average molecular weight is 448 g/mol. The highest BCUT2D eigenvalue weighted by Gasteiger charge is 2.17. The van der Waals surface area contributed by atoms with Crippen molar-refractivity contribution in [2.75, 3.05) is 12.3 Å². The Kier molecular flexibility index (Phi) is 6.24. The van der Waals surface area contributed by atoms with Crippen LogP contribution in [0.3, 0.4) is 0 Å². The van der Waals surface area contributed by atoms with Crippen LogP contribution in [-0.4, -0.2) is 31.0 Å². The molecular formula is C23H21FN6O3. The van der Waals surface area contributed by atoms with Gasteiger partial charge in [-0.2, -0.15) is 5.10 Å². The minimum Gasteiger partial charge on any atom is -0.487 e. The second-order valence-electron chi connectivity index (χ2n) is 7.17. The maximum absolute atomic E-state index is 14.1. The Morgan fingerprint density at radius 3 is 2.58 bits per heavy atom. The molecule has 0 spiro atoms. The molecule has 4 rings (SSSR count). The number of nitrogen functional groups attached to an aromatic ring is 1. The molecule has 2 heterocycles. The lowest BCUT2D eigenvalue weighted by Gasteiger charge is -2.10. The molecule has 0 saturated carbocycles. The van der Waals surface area contributed by atoms with Crippen LogP contribution in [0.25, 0.3) is 16.1 Å². The van der Waals surface area contributed by atoms with Crippen LogP contribution < -0.4 is 15.2 Å². The molecule has 9 nitrogen and oxygen atoms in total. The van der Waals surface area contributed by atoms with Crippen LogP contribution in [-0.2, 0) is 20.2 Å². The predicted molar refractivity (Wildman–Crippen MR) is 119 cm³/mol. The molecule has 0 aliphatic rings. The first-order valence-corrected chi connectivity index (χ1v) is 10.00. The molecule has 168 valence electrons. The Hall–Kier alpha value is -4.36. The van der Waals surface area contributed by atoms with E-state index in [2.05, 4.69) is 14.9 Å². The van der Waals surface area contributed by atoms with E-state index in [4.69, 9.17) is 26.9 Å². The summed E-state index contributed by atoms with van der Waals surface area (Å²) >= 11 is 0. The third-order valence-electron chi connectivity index (χ3n) is 4.90. The van der Waals surface area contributed by atoms with Crippen LogP contribution in [0.5, 0.6) is 17.2 Å². The van der Waals surface area contributed by atoms with Gasteiger partial charge in [-0.3, -0.25) is 4.68 Å². The summed E-state index contributed by atoms with van der Waals surface area (Å²) in [6.07, 6.45) is 3.34. The van der Waals surface area contributed by atoms with Crippen LogP contribution in [0.1, 0.15) is 5.69 Å². The molecule has 4 aromatic rings. The summed E-state index contributed by atoms with van der Waals surface area (Å²) in [5.41, 5.74) is 8.11. The number of nitrogens with two attached hydrogens (primary N) is 1. The number of aromatic nitrogens is 4. The molecule has 0 atom stereocenters. The summed E-state index contributed by atoms with van der Waals surface area (Å²) < 4.78 is 28.8. The first kappa shape index (κ1) is 21.9. The van der Waals surface area contributed by atoms with Gasteiger partial charge in [0.25, 0.3) is 5.69 Å². The number of halogens is 1. The summed E-state index contributed by atoms with van der Waals surface area (Å²) in [6, 6.07) is 11.0. The summed E-state index contributed by atoms with van der Waals surface area (Å²) in [5.74, 6) is 0.785. The van der Waals surface area contributed by atoms with E-state index >= 15 is 0 Å². The third kappa shape index (κ3) is 4.78. The fraction of sp³-hybridized carbons (Fsp3) is 0.174. The number of hydrogen-bond acceptors (Lipinski definition) is 6. The van der Waals surface area contributed by atoms with Crippen LogP contribution in [0.2, 0.25) is 0 Å². The van der Waals surface area contributed by atoms with Crippen LogP contribution in [0, 0.1) is 12.4 Å². The van der Waals surface area contributed by atoms with Gasteiger partial charge in [0, 0.05) is 25.2 Å². The number of aliphatic hydroxyl groups excluding tert-OH is 1. The fourth-order valence-electron chi connectivity index (χ4n) is 3.21. The molecule has 0 saturated heterocycles. The fourth-order valence-corrected chi connectivity index (χ4v) is 3.21. The Labute approximate surface area is 189 Å². The minimum absolute atomic E-state index is 0.142. The molecule has 2 aromatic heterocycles. The van der Waals surface area contributed by atoms with Crippen LogP contribution in [0.4, 0.5) is 15.9 Å². The standard InChI is InChI=1S/C23H21FN6O3/c1-26-22-21(28-30(7-8-31)23(22)25)15-3-5-18(6-4-15)33-20-10-16(24)9-19(11-20)32-13-17-12-27-14-29(17)2/h3-6,9-12,14,31H,7-8,13,25H2,2H3. The Morgan fingerprint density at radius 1 is 1.15 bits per heavy atom. The zero-order chi connectivity index (χ0) is 23.4. The van der Waals surface area contributed by atoms with E-state index in [9.17, 15) is 4.39 Å². The SMILES string of the molecule is [C-]#[N+]c1c(-c2ccc(Oc3cc(F)cc(OCc4cncn4C)c3)cc2)nn(CCO)c1N. The first-order chi connectivity index (χ1) is 16.0. The molecule has 0 aliphatic heterocycles. The molecule has 3 N–H and O–H groups in total. The van der Waals surface area contributed by atoms with E-state index < -0.39 is 5.82 Å². The largest absolute Gasteiger partial charge is 0.487 e. The maximum Gasteiger partial charge on any atom is 0.254 e. The van der Waals surface area contributed by atoms with Gasteiger partial charge in [-0.05, 0) is 17.7 Å². The highest BCUT2D eigenvalue weighted by atomic mass is 19.1. The van der Waals surface area contributed by atoms with Crippen molar-refractivity contribution in [2.45, 2.75) is 13.2 Å². The maximum atomic E-state index is 14.1. The van der Waals surface area contributed by atoms with E-state index in [1.807, 2.05) is 11.6 Å². The van der Waals surface area contributed by atoms with E-state index in [1.54, 1.807) is 42.9 Å². The van der Waals surface area contributed by atoms with Crippen LogP contribution >= 0.6 is 0 Å². The van der Waals surface area contributed by atoms with Crippen molar-refractivity contribution in [3.63, 3.8) is 0 Å². The van der Waals surface area contributed by atoms with Crippen molar-refractivity contribution in [3.05, 3.63) is 77.9 Å². The molecule has 0 radical (unpaired) electrons. The number of hydrogen-bond donors (Lipinski definition) is 2. The zero-order valence-corrected chi connectivity index (χ0v) is 17.8. The molecule has 10 heteroatoms. The van der Waals surface area contributed by atoms with Crippen molar-refractivity contribution >= 4 is 11.5 Å². The number of aliphatic hydroxyl groups is 1. The van der Waals surface area contributed by atoms with Gasteiger partial charge in [0.2, 0.25) is 0 Å². The lowest BCUT2D eigenvalue weighted by molar-refractivity contribution is 0.270. The Balaban J connectivity index is 1.51. The number of aryl methyl sites for hydroxylation is 1. The third-order valence-corrected chi connectivity index (χ3v) is 4.90. The first-order valence-electron chi connectivity index (χ1n) is 10.00. The van der Waals surface area contributed by atoms with Crippen molar-refractivity contribution < 1.29 is 19.0 Å². The van der Waals surface area contributed by atoms with Crippen molar-refractivity contribution in [1.82, 2.24) is 19.3 Å². The average Bonchev–Trinajstić information content (AvgIpc) is 3.35. The number of nitrogens with zero attached hydrogens (tertiary/aromatic N) is 5. The van der Waals surface area contributed by atoms with Gasteiger partial charge in [-0.1, -0.05) is 12.1 Å². The Morgan fingerprint density at radius 2 is 1.91 bits per heavy atom. The summed E-state index contributed by atoms with van der Waals surface area (Å²) in [5, 5.41) is 13.5. The highest BCUT2D eigenvalue weighted by Crippen LogP contribution is 2.36. The smallest absolute Gasteiger partial charge is 0.254 e. The van der Waals surface area contributed by atoms with E-state index in [0.29, 0.717) is 22.8 Å². The molecule has 2 aromatic carbocycles. The monoisotopic (exact) mass is 448 g/mol. The molecule has 33 heavy (non-hydrogen) atoms. The number of rotatable bonds is 8. The normalized spacial score (nSPS) is 10.7. The second-order valence-corrected chi connectivity index (χ2v) is 7.17. The van der Waals surface area contributed by atoms with Gasteiger partial charge < -0.3 is 24.9 Å². The number of ether oxygens (including phenoxy) is 2. The van der Waals surface area contributed by atoms with Gasteiger partial charge in [-0.15, -0.1) is 0 Å². The van der Waals surface area contributed by atoms with Gasteiger partial charge >= 0.3 is 0 Å². The van der Waals surface area contributed by atoms with Crippen molar-refractivity contribution in [2.24, 2.45) is 7.05 Å². The van der Waals surface area contributed by atoms with Crippen molar-refractivity contribution in [3.8, 4) is 28.5 Å². The van der Waals surface area contributed by atoms with E-state index in [-0.39, 0.29) is 37.0 Å². The van der Waals surface area contributed by atoms with Crippen LogP contribution in [0.15, 0.2) is 55.0 Å². The quantitative estimate of drug-likeness (QED) is 0.396. The zero-order valence-electron chi connectivity index (χ0n) is 17.8. The molecule has 0 bridgehead atoms. The minimum atomic E-state index is -0.490. The summed E-state index contributed by atoms with van der Waals surface area (Å²) in [4.78, 5) is 7.49. The number of benzene rings is 2. The predicted octanol–water partition coefficient (Wildman–Crippen LogP) is 3.92. The lowest BCUT2D eigenvalue weighted by atomic mass is 10.1. The molecule has 0 amide bonds. The molecular weight excluding hydrogens is 427 g/mol. The van der Waals surface area contributed by atoms with E-state index in [1.165, 1.54) is 16.8 Å². The van der Waals surface area contributed by atoms with Gasteiger partial charge in [0.05, 0.1) is 37.9 Å². The topological polar surface area (TPSA) is 105 Å². The van der Waals surface area contributed by atoms with E-state index in [0.717, 1.165) is 5.69 Å². The number of imidazole rings is 1. The summed E-state index contributed by atoms with van der Waals surface area (Å²) in [6.45, 7) is 7.69. The molecule has 0 fully saturated rings. The van der Waals surface area contributed by atoms with Gasteiger partial charge in [0.1, 0.15) is 41.2 Å². The highest BCUT2D eigenvalue weighted by molar-refractivity contribution is 5.83. The Bertz CT molecular complexity index is 1310. The number of anilines is 1. The van der Waals surface area contributed by atoms with Gasteiger partial charge in [0.15, 0.2) is 0 Å². The molecule has 0 aliphatic carbocycles. The second kappa shape index (κ2) is 9.42. The lowest BCUT2D eigenvalue weighted by Crippen LogP contribution is -2.07. The van der Waals surface area contributed by atoms with Crippen molar-refractivity contribution in [1.29, 1.82) is 0 Å². The van der Waals surface area contributed by atoms with Gasteiger partial charge in [-0.25, -0.2) is 14.2 Å². The molecule has 0 unspecified atom stereocenters.